The average Bonchev–Trinajstić information content (AvgIpc) is 3.01. The fourth-order valence-electron chi connectivity index (χ4n) is 3.33. The molecule has 0 amide bonds. The molecule has 7 nitrogen and oxygen atoms in total. The second-order valence-corrected chi connectivity index (χ2v) is 7.21. The molecular formula is C23H22N2O5. The number of hydrogen-bond acceptors (Lipinski definition) is 5. The largest absolute Gasteiger partial charge is 0.454 e. The molecule has 0 unspecified atom stereocenters. The minimum atomic E-state index is -0.614. The number of rotatable bonds is 6. The molecule has 3 aromatic rings. The first kappa shape index (κ1) is 21.0. The third kappa shape index (κ3) is 4.15. The van der Waals surface area contributed by atoms with E-state index in [1.807, 2.05) is 49.6 Å². The van der Waals surface area contributed by atoms with Gasteiger partial charge in [-0.15, -0.1) is 0 Å². The van der Waals surface area contributed by atoms with Crippen molar-refractivity contribution < 1.29 is 19.2 Å². The molecule has 1 aromatic heterocycles. The summed E-state index contributed by atoms with van der Waals surface area (Å²) >= 11 is 0. The molecule has 154 valence electrons. The van der Waals surface area contributed by atoms with Crippen LogP contribution in [0.15, 0.2) is 48.5 Å². The van der Waals surface area contributed by atoms with Gasteiger partial charge in [-0.05, 0) is 45.9 Å². The van der Waals surface area contributed by atoms with Gasteiger partial charge in [0.2, 0.25) is 5.78 Å². The van der Waals surface area contributed by atoms with Crippen LogP contribution in [0.2, 0.25) is 0 Å². The zero-order chi connectivity index (χ0) is 22.0. The van der Waals surface area contributed by atoms with Crippen molar-refractivity contribution in [1.29, 1.82) is 0 Å². The predicted molar refractivity (Wildman–Crippen MR) is 112 cm³/mol. The van der Waals surface area contributed by atoms with Crippen molar-refractivity contribution in [2.75, 3.05) is 6.61 Å². The Kier molecular flexibility index (Phi) is 5.82. The first-order chi connectivity index (χ1) is 14.2. The van der Waals surface area contributed by atoms with E-state index in [1.165, 1.54) is 18.2 Å². The highest BCUT2D eigenvalue weighted by Crippen LogP contribution is 2.23. The van der Waals surface area contributed by atoms with Crippen LogP contribution in [0.25, 0.3) is 5.69 Å². The monoisotopic (exact) mass is 406 g/mol. The lowest BCUT2D eigenvalue weighted by atomic mass is 10.1. The van der Waals surface area contributed by atoms with E-state index in [4.69, 9.17) is 4.74 Å². The molecule has 0 radical (unpaired) electrons. The van der Waals surface area contributed by atoms with Crippen LogP contribution in [0.3, 0.4) is 0 Å². The lowest BCUT2D eigenvalue weighted by Gasteiger charge is -2.10. The molecule has 0 N–H and O–H groups in total. The second-order valence-electron chi connectivity index (χ2n) is 7.21. The van der Waals surface area contributed by atoms with E-state index in [2.05, 4.69) is 0 Å². The van der Waals surface area contributed by atoms with Crippen molar-refractivity contribution in [2.24, 2.45) is 0 Å². The van der Waals surface area contributed by atoms with Gasteiger partial charge in [0.05, 0.1) is 10.5 Å². The van der Waals surface area contributed by atoms with E-state index in [0.29, 0.717) is 16.8 Å². The summed E-state index contributed by atoms with van der Waals surface area (Å²) in [6, 6.07) is 13.8. The number of benzene rings is 2. The fourth-order valence-corrected chi connectivity index (χ4v) is 3.33. The molecular weight excluding hydrogens is 384 g/mol. The highest BCUT2D eigenvalue weighted by atomic mass is 16.6. The summed E-state index contributed by atoms with van der Waals surface area (Å²) in [5.74, 6) is -1.12. The molecule has 7 heteroatoms. The highest BCUT2D eigenvalue weighted by Gasteiger charge is 2.20. The van der Waals surface area contributed by atoms with E-state index in [0.717, 1.165) is 16.9 Å². The van der Waals surface area contributed by atoms with Crippen molar-refractivity contribution in [2.45, 2.75) is 27.7 Å². The number of nitrogens with zero attached hydrogens (tertiary/aromatic N) is 2. The van der Waals surface area contributed by atoms with Crippen LogP contribution in [0.1, 0.15) is 43.2 Å². The van der Waals surface area contributed by atoms with Gasteiger partial charge >= 0.3 is 5.97 Å². The zero-order valence-electron chi connectivity index (χ0n) is 17.3. The summed E-state index contributed by atoms with van der Waals surface area (Å²) in [5.41, 5.74) is 4.45. The predicted octanol–water partition coefficient (Wildman–Crippen LogP) is 4.66. The number of nitro benzene ring substituents is 1. The minimum absolute atomic E-state index is 0.130. The number of Topliss-reactive ketones (excluding diaryl/α,β-unsaturated/α-hetero) is 1. The summed E-state index contributed by atoms with van der Waals surface area (Å²) in [6.07, 6.45) is 0. The molecule has 30 heavy (non-hydrogen) atoms. The molecule has 0 bridgehead atoms. The maximum absolute atomic E-state index is 12.6. The highest BCUT2D eigenvalue weighted by molar-refractivity contribution is 6.00. The number of ether oxygens (including phenoxy) is 1. The van der Waals surface area contributed by atoms with Gasteiger partial charge in [-0.2, -0.15) is 0 Å². The van der Waals surface area contributed by atoms with E-state index in [-0.39, 0.29) is 11.3 Å². The first-order valence-corrected chi connectivity index (χ1v) is 9.40. The van der Waals surface area contributed by atoms with Crippen LogP contribution < -0.4 is 0 Å². The molecule has 0 saturated heterocycles. The number of aromatic nitrogens is 1. The number of carbonyl (C=O) groups excluding carboxylic acids is 2. The second kappa shape index (κ2) is 8.32. The lowest BCUT2D eigenvalue weighted by Crippen LogP contribution is -2.15. The Balaban J connectivity index is 1.76. The van der Waals surface area contributed by atoms with Crippen molar-refractivity contribution in [1.82, 2.24) is 4.57 Å². The summed E-state index contributed by atoms with van der Waals surface area (Å²) in [4.78, 5) is 35.5. The number of aryl methyl sites for hydroxylation is 3. The normalized spacial score (nSPS) is 10.7. The number of ketones is 1. The molecule has 0 aliphatic rings. The summed E-state index contributed by atoms with van der Waals surface area (Å²) in [5, 5.41) is 11.1. The molecule has 0 spiro atoms. The van der Waals surface area contributed by atoms with Gasteiger partial charge < -0.3 is 9.30 Å². The van der Waals surface area contributed by atoms with Crippen LogP contribution in [0.5, 0.6) is 0 Å². The third-order valence-corrected chi connectivity index (χ3v) is 5.01. The van der Waals surface area contributed by atoms with Crippen LogP contribution >= 0.6 is 0 Å². The number of hydrogen-bond donors (Lipinski definition) is 0. The van der Waals surface area contributed by atoms with Crippen LogP contribution in [-0.2, 0) is 4.74 Å². The number of esters is 1. The Morgan fingerprint density at radius 1 is 1.00 bits per heavy atom. The van der Waals surface area contributed by atoms with E-state index < -0.39 is 23.3 Å². The van der Waals surface area contributed by atoms with Gasteiger partial charge in [0, 0.05) is 34.3 Å². The van der Waals surface area contributed by atoms with Crippen LogP contribution in [-0.4, -0.2) is 27.8 Å². The molecule has 0 saturated carbocycles. The van der Waals surface area contributed by atoms with Gasteiger partial charge in [0.1, 0.15) is 0 Å². The maximum atomic E-state index is 12.6. The van der Waals surface area contributed by atoms with Crippen molar-refractivity contribution in [3.05, 3.63) is 92.3 Å². The maximum Gasteiger partial charge on any atom is 0.340 e. The Morgan fingerprint density at radius 3 is 2.30 bits per heavy atom. The molecule has 2 aromatic carbocycles. The van der Waals surface area contributed by atoms with E-state index in [1.54, 1.807) is 13.0 Å². The summed E-state index contributed by atoms with van der Waals surface area (Å²) in [7, 11) is 0. The van der Waals surface area contributed by atoms with Crippen molar-refractivity contribution >= 4 is 17.4 Å². The minimum Gasteiger partial charge on any atom is -0.454 e. The van der Waals surface area contributed by atoms with Crippen LogP contribution in [0.4, 0.5) is 5.69 Å². The van der Waals surface area contributed by atoms with Gasteiger partial charge in [-0.1, -0.05) is 29.8 Å². The van der Waals surface area contributed by atoms with Crippen molar-refractivity contribution in [3.8, 4) is 5.69 Å². The molecule has 3 rings (SSSR count). The Morgan fingerprint density at radius 2 is 1.67 bits per heavy atom. The number of nitro groups is 1. The topological polar surface area (TPSA) is 91.4 Å². The molecule has 0 aliphatic heterocycles. The summed E-state index contributed by atoms with van der Waals surface area (Å²) < 4.78 is 7.15. The van der Waals surface area contributed by atoms with Gasteiger partial charge in [0.15, 0.2) is 6.61 Å². The van der Waals surface area contributed by atoms with E-state index in [9.17, 15) is 19.7 Å². The third-order valence-electron chi connectivity index (χ3n) is 5.01. The smallest absolute Gasteiger partial charge is 0.340 e. The zero-order valence-corrected chi connectivity index (χ0v) is 17.3. The standard InChI is InChI=1S/C23H22N2O5/c1-14-5-9-19(10-6-14)24-16(3)11-20(17(24)4)23(27)30-13-22(26)18-8-7-15(2)21(12-18)25(28)29/h5-12H,13H2,1-4H3. The van der Waals surface area contributed by atoms with E-state index >= 15 is 0 Å². The quantitative estimate of drug-likeness (QED) is 0.257. The van der Waals surface area contributed by atoms with Gasteiger partial charge in [-0.25, -0.2) is 4.79 Å². The summed E-state index contributed by atoms with van der Waals surface area (Å²) in [6.45, 7) is 6.81. The van der Waals surface area contributed by atoms with Crippen molar-refractivity contribution in [3.63, 3.8) is 0 Å². The first-order valence-electron chi connectivity index (χ1n) is 9.40. The van der Waals surface area contributed by atoms with Gasteiger partial charge in [0.25, 0.3) is 5.69 Å². The SMILES string of the molecule is Cc1ccc(-n2c(C)cc(C(=O)OCC(=O)c3ccc(C)c([N+](=O)[O-])c3)c2C)cc1. The van der Waals surface area contributed by atoms with Crippen LogP contribution in [0, 0.1) is 37.8 Å². The number of carbonyl (C=O) groups is 2. The Labute approximate surface area is 174 Å². The molecule has 0 fully saturated rings. The Bertz CT molecular complexity index is 1140. The van der Waals surface area contributed by atoms with Gasteiger partial charge in [-0.3, -0.25) is 14.9 Å². The molecule has 1 heterocycles. The molecule has 0 aliphatic carbocycles. The Hall–Kier alpha value is -3.74. The fraction of sp³-hybridized carbons (Fsp3) is 0.217. The molecule has 0 atom stereocenters. The average molecular weight is 406 g/mol. The lowest BCUT2D eigenvalue weighted by molar-refractivity contribution is -0.385.